The summed E-state index contributed by atoms with van der Waals surface area (Å²) in [7, 11) is 5.01. The third kappa shape index (κ3) is 7.29. The van der Waals surface area contributed by atoms with Gasteiger partial charge in [0.25, 0.3) is 0 Å². The summed E-state index contributed by atoms with van der Waals surface area (Å²) >= 11 is 7.21. The lowest BCUT2D eigenvalue weighted by molar-refractivity contribution is 0.0548. The van der Waals surface area contributed by atoms with E-state index in [1.807, 2.05) is 38.2 Å². The molecule has 0 saturated carbocycles. The number of carboxylic acids is 1. The number of rotatable bonds is 8. The van der Waals surface area contributed by atoms with Crippen molar-refractivity contribution in [1.29, 1.82) is 0 Å². The second-order valence-electron chi connectivity index (χ2n) is 15.9. The highest BCUT2D eigenvalue weighted by molar-refractivity contribution is 9.10. The molecule has 0 spiro atoms. The van der Waals surface area contributed by atoms with Gasteiger partial charge in [-0.05, 0) is 99.1 Å². The van der Waals surface area contributed by atoms with Crippen LogP contribution in [-0.4, -0.2) is 89.2 Å². The number of aromatic carboxylic acids is 1. The minimum atomic E-state index is -1.04. The number of pyridine rings is 2. The van der Waals surface area contributed by atoms with Crippen molar-refractivity contribution in [2.24, 2.45) is 25.9 Å². The van der Waals surface area contributed by atoms with Gasteiger partial charge in [0.15, 0.2) is 11.4 Å². The van der Waals surface area contributed by atoms with Crippen LogP contribution in [0.1, 0.15) is 75.4 Å². The molecule has 10 rings (SSSR count). The van der Waals surface area contributed by atoms with Crippen LogP contribution in [-0.2, 0) is 28.3 Å². The van der Waals surface area contributed by atoms with Crippen LogP contribution in [0.15, 0.2) is 88.1 Å². The van der Waals surface area contributed by atoms with Gasteiger partial charge in [0, 0.05) is 61.9 Å². The van der Waals surface area contributed by atoms with E-state index in [1.165, 1.54) is 12.7 Å². The quantitative estimate of drug-likeness (QED) is 0.146. The molecule has 2 aromatic carbocycles. The molecule has 0 unspecified atom stereocenters. The number of esters is 1. The van der Waals surface area contributed by atoms with Gasteiger partial charge in [0.2, 0.25) is 0 Å². The number of halogens is 2. The van der Waals surface area contributed by atoms with E-state index >= 15 is 0 Å². The van der Waals surface area contributed by atoms with Crippen molar-refractivity contribution in [2.75, 3.05) is 33.5 Å². The van der Waals surface area contributed by atoms with Gasteiger partial charge in [-0.15, -0.1) is 0 Å². The van der Waals surface area contributed by atoms with Gasteiger partial charge in [-0.25, -0.2) is 9.59 Å². The van der Waals surface area contributed by atoms with Crippen LogP contribution in [0.3, 0.4) is 0 Å². The zero-order valence-electron chi connectivity index (χ0n) is 34.8. The number of ether oxygens (including phenoxy) is 3. The van der Waals surface area contributed by atoms with Crippen LogP contribution in [0.25, 0.3) is 44.1 Å². The predicted molar refractivity (Wildman–Crippen MR) is 243 cm³/mol. The Balaban J connectivity index is 0.000000158. The van der Waals surface area contributed by atoms with Crippen molar-refractivity contribution in [2.45, 2.75) is 44.7 Å². The Labute approximate surface area is 374 Å². The van der Waals surface area contributed by atoms with E-state index in [-0.39, 0.29) is 17.8 Å². The third-order valence-electron chi connectivity index (χ3n) is 12.4. The Morgan fingerprint density at radius 2 is 1.21 bits per heavy atom. The van der Waals surface area contributed by atoms with E-state index in [0.717, 1.165) is 97.6 Å². The average Bonchev–Trinajstić information content (AvgIpc) is 4.02. The molecule has 0 amide bonds. The normalized spacial score (nSPS) is 16.2. The molecular formula is C46H46Br2N8O6. The van der Waals surface area contributed by atoms with Crippen molar-refractivity contribution in [3.05, 3.63) is 116 Å². The molecule has 62 heavy (non-hydrogen) atoms. The molecule has 6 aromatic heterocycles. The zero-order chi connectivity index (χ0) is 43.2. The summed E-state index contributed by atoms with van der Waals surface area (Å²) in [4.78, 5) is 34.3. The van der Waals surface area contributed by atoms with Crippen molar-refractivity contribution < 1.29 is 28.9 Å². The first kappa shape index (κ1) is 41.9. The van der Waals surface area contributed by atoms with Crippen LogP contribution >= 0.6 is 31.9 Å². The number of hydrogen-bond acceptors (Lipinski definition) is 9. The second-order valence-corrected chi connectivity index (χ2v) is 17.7. The molecule has 0 radical (unpaired) electrons. The number of carbonyl (C=O) groups excluding carboxylic acids is 1. The van der Waals surface area contributed by atoms with Crippen molar-refractivity contribution in [3.63, 3.8) is 0 Å². The van der Waals surface area contributed by atoms with Gasteiger partial charge >= 0.3 is 11.9 Å². The maximum atomic E-state index is 12.7. The fourth-order valence-electron chi connectivity index (χ4n) is 9.65. The number of aryl methyl sites for hydroxylation is 3. The topological polar surface area (TPSA) is 153 Å². The number of aromatic nitrogens is 8. The Morgan fingerprint density at radius 1 is 0.710 bits per heavy atom. The first-order chi connectivity index (χ1) is 30.1. The maximum Gasteiger partial charge on any atom is 0.360 e. The first-order valence-electron chi connectivity index (χ1n) is 20.7. The second kappa shape index (κ2) is 17.4. The van der Waals surface area contributed by atoms with E-state index in [2.05, 4.69) is 93.7 Å². The van der Waals surface area contributed by atoms with Crippen LogP contribution in [0.4, 0.5) is 0 Å². The molecule has 2 saturated heterocycles. The highest BCUT2D eigenvalue weighted by atomic mass is 79.9. The Bertz CT molecular complexity index is 2950. The summed E-state index contributed by atoms with van der Waals surface area (Å²) in [6.07, 6.45) is 7.25. The summed E-state index contributed by atoms with van der Waals surface area (Å²) in [6.45, 7) is 4.92. The Morgan fingerprint density at radius 3 is 1.76 bits per heavy atom. The molecule has 0 aliphatic carbocycles. The van der Waals surface area contributed by atoms with Gasteiger partial charge in [-0.2, -0.15) is 10.2 Å². The predicted octanol–water partition coefficient (Wildman–Crippen LogP) is 9.20. The minimum Gasteiger partial charge on any atom is -0.476 e. The molecular weight excluding hydrogens is 920 g/mol. The van der Waals surface area contributed by atoms with Crippen molar-refractivity contribution >= 4 is 87.9 Å². The van der Waals surface area contributed by atoms with Crippen LogP contribution in [0, 0.1) is 18.8 Å². The number of nitrogens with zero attached hydrogens (tertiary/aromatic N) is 8. The largest absolute Gasteiger partial charge is 0.476 e. The summed E-state index contributed by atoms with van der Waals surface area (Å²) in [6, 6.07) is 22.8. The lowest BCUT2D eigenvalue weighted by Gasteiger charge is -2.33. The number of carboxylic acid groups (broad SMARTS) is 1. The van der Waals surface area contributed by atoms with Crippen molar-refractivity contribution in [1.82, 2.24) is 38.7 Å². The van der Waals surface area contributed by atoms with E-state index < -0.39 is 11.9 Å². The Kier molecular flexibility index (Phi) is 11.8. The van der Waals surface area contributed by atoms with Gasteiger partial charge in [0.1, 0.15) is 33.1 Å². The highest BCUT2D eigenvalue weighted by Crippen LogP contribution is 2.44. The van der Waals surface area contributed by atoms with Crippen LogP contribution in [0.2, 0.25) is 0 Å². The molecule has 0 bridgehead atoms. The smallest absolute Gasteiger partial charge is 0.360 e. The third-order valence-corrected chi connectivity index (χ3v) is 13.6. The number of carbonyl (C=O) groups is 2. The SMILES string of the molecule is COC(=O)c1nn(C)c2c3ncc(Br)cc3n([C@H](c3ccccc3)C3CCOCC3)c12.Cc1c(Br)cnc2c3c(c(C(=O)O)nn3C)n([C@H](c3ccccc3)C3CCOCC3)c12. The fourth-order valence-corrected chi connectivity index (χ4v) is 10.3. The maximum absolute atomic E-state index is 12.7. The lowest BCUT2D eigenvalue weighted by Crippen LogP contribution is -2.27. The average molecular weight is 967 g/mol. The molecule has 1 N–H and O–H groups in total. The first-order valence-corrected chi connectivity index (χ1v) is 22.3. The molecule has 14 nitrogen and oxygen atoms in total. The molecule has 2 atom stereocenters. The standard InChI is InChI=1S/2C23H23BrN4O3/c1-27-21-18-17(12-16(24)13-25-18)28(22(21)19(26-27)23(29)30-2)20(14-6-4-3-5-7-14)15-8-10-31-11-9-15;1-13-16(24)12-25-17-19(13)28(22-18(23(29)30)26-27(2)21(17)22)20(14-6-4-3-5-7-14)15-8-10-31-11-9-15/h3-7,12-13,15,20H,8-11H2,1-2H3;3-7,12,15,20H,8-11H2,1-2H3,(H,29,30)/t2*20-/m11/s1. The lowest BCUT2D eigenvalue weighted by atomic mass is 9.86. The summed E-state index contributed by atoms with van der Waals surface area (Å²) in [5, 5.41) is 18.9. The molecule has 8 heterocycles. The van der Waals surface area contributed by atoms with Crippen LogP contribution in [0.5, 0.6) is 0 Å². The number of methoxy groups -OCH3 is 1. The molecule has 2 fully saturated rings. The molecule has 2 aliphatic rings. The van der Waals surface area contributed by atoms with Gasteiger partial charge in [-0.3, -0.25) is 19.3 Å². The molecule has 320 valence electrons. The van der Waals surface area contributed by atoms with Gasteiger partial charge in [0.05, 0.1) is 30.2 Å². The summed E-state index contributed by atoms with van der Waals surface area (Å²) in [5.41, 5.74) is 10.2. The minimum absolute atomic E-state index is 0.00815. The summed E-state index contributed by atoms with van der Waals surface area (Å²) in [5.74, 6) is -0.840. The monoisotopic (exact) mass is 964 g/mol. The molecule has 2 aliphatic heterocycles. The number of benzene rings is 2. The van der Waals surface area contributed by atoms with Crippen LogP contribution < -0.4 is 0 Å². The number of hydrogen-bond donors (Lipinski definition) is 1. The molecule has 8 aromatic rings. The van der Waals surface area contributed by atoms with Crippen molar-refractivity contribution in [3.8, 4) is 0 Å². The highest BCUT2D eigenvalue weighted by Gasteiger charge is 2.36. The zero-order valence-corrected chi connectivity index (χ0v) is 38.0. The van der Waals surface area contributed by atoms with E-state index in [0.29, 0.717) is 36.3 Å². The molecule has 16 heteroatoms. The van der Waals surface area contributed by atoms with Gasteiger partial charge in [-0.1, -0.05) is 60.7 Å². The van der Waals surface area contributed by atoms with Gasteiger partial charge < -0.3 is 28.5 Å². The number of fused-ring (bicyclic) bond motifs is 6. The summed E-state index contributed by atoms with van der Waals surface area (Å²) < 4.78 is 26.0. The fraction of sp³-hybridized carbons (Fsp3) is 0.348. The Hall–Kier alpha value is -5.42. The van der Waals surface area contributed by atoms with E-state index in [9.17, 15) is 14.7 Å². The van der Waals surface area contributed by atoms with E-state index in [1.54, 1.807) is 28.8 Å². The van der Waals surface area contributed by atoms with E-state index in [4.69, 9.17) is 24.2 Å².